The zero-order valence-electron chi connectivity index (χ0n) is 7.99. The van der Waals surface area contributed by atoms with E-state index in [-0.39, 0.29) is 6.10 Å². The molecule has 0 fully saturated rings. The van der Waals surface area contributed by atoms with Gasteiger partial charge in [0, 0.05) is 4.47 Å². The van der Waals surface area contributed by atoms with Crippen LogP contribution in [0.25, 0.3) is 0 Å². The number of rotatable bonds is 5. The Morgan fingerprint density at radius 2 is 2.14 bits per heavy atom. The van der Waals surface area contributed by atoms with Gasteiger partial charge in [-0.25, -0.2) is 0 Å². The quantitative estimate of drug-likeness (QED) is 0.621. The van der Waals surface area contributed by atoms with E-state index in [0.717, 1.165) is 35.1 Å². The number of halogens is 1. The molecule has 0 aliphatic carbocycles. The summed E-state index contributed by atoms with van der Waals surface area (Å²) < 4.78 is 1.02. The maximum absolute atomic E-state index is 9.83. The van der Waals surface area contributed by atoms with Crippen LogP contribution < -0.4 is 0 Å². The Kier molecular flexibility index (Phi) is 5.60. The Morgan fingerprint density at radius 3 is 2.79 bits per heavy atom. The lowest BCUT2D eigenvalue weighted by Gasteiger charge is -2.10. The molecule has 0 heterocycles. The Labute approximate surface area is 99.1 Å². The van der Waals surface area contributed by atoms with Gasteiger partial charge >= 0.3 is 0 Å². The minimum absolute atomic E-state index is 0.340. The maximum atomic E-state index is 9.83. The maximum Gasteiger partial charge on any atom is 0.0790 e. The Balaban J connectivity index is 2.47. The highest BCUT2D eigenvalue weighted by Crippen LogP contribution is 2.22. The van der Waals surface area contributed by atoms with Crippen molar-refractivity contribution >= 4 is 28.6 Å². The van der Waals surface area contributed by atoms with Crippen LogP contribution in [0.2, 0.25) is 0 Å². The highest BCUT2D eigenvalue weighted by Gasteiger charge is 2.06. The average Bonchev–Trinajstić information content (AvgIpc) is 2.18. The van der Waals surface area contributed by atoms with Crippen molar-refractivity contribution in [2.24, 2.45) is 0 Å². The van der Waals surface area contributed by atoms with E-state index in [1.807, 2.05) is 24.3 Å². The zero-order valence-corrected chi connectivity index (χ0v) is 10.5. The van der Waals surface area contributed by atoms with E-state index in [9.17, 15) is 5.11 Å². The summed E-state index contributed by atoms with van der Waals surface area (Å²) in [6.45, 7) is 0. The highest BCUT2D eigenvalue weighted by molar-refractivity contribution is 9.10. The molecule has 0 saturated carbocycles. The van der Waals surface area contributed by atoms with Crippen molar-refractivity contribution in [3.63, 3.8) is 0 Å². The van der Waals surface area contributed by atoms with Crippen molar-refractivity contribution < 1.29 is 5.11 Å². The van der Waals surface area contributed by atoms with Crippen LogP contribution in [0.1, 0.15) is 30.9 Å². The third-order valence-electron chi connectivity index (χ3n) is 2.12. The Hall–Kier alpha value is 0.01000. The Bertz CT molecular complexity index is 278. The number of hydrogen-bond donors (Lipinski definition) is 2. The normalized spacial score (nSPS) is 12.8. The van der Waals surface area contributed by atoms with E-state index >= 15 is 0 Å². The van der Waals surface area contributed by atoms with Crippen molar-refractivity contribution in [3.05, 3.63) is 34.3 Å². The monoisotopic (exact) mass is 274 g/mol. The van der Waals surface area contributed by atoms with Gasteiger partial charge in [-0.3, -0.25) is 0 Å². The summed E-state index contributed by atoms with van der Waals surface area (Å²) in [4.78, 5) is 0. The Morgan fingerprint density at radius 1 is 1.36 bits per heavy atom. The zero-order chi connectivity index (χ0) is 10.4. The molecule has 1 unspecified atom stereocenters. The lowest BCUT2D eigenvalue weighted by atomic mass is 10.0. The van der Waals surface area contributed by atoms with Crippen molar-refractivity contribution in [2.45, 2.75) is 25.4 Å². The van der Waals surface area contributed by atoms with Crippen molar-refractivity contribution in [1.82, 2.24) is 0 Å². The molecular weight excluding hydrogens is 260 g/mol. The summed E-state index contributed by atoms with van der Waals surface area (Å²) in [6, 6.07) is 7.83. The minimum Gasteiger partial charge on any atom is -0.388 e. The van der Waals surface area contributed by atoms with Gasteiger partial charge < -0.3 is 5.11 Å². The molecular formula is C11H15BrOS. The number of thiol groups is 1. The fourth-order valence-electron chi connectivity index (χ4n) is 1.33. The number of unbranched alkanes of at least 4 members (excludes halogenated alkanes) is 1. The molecule has 0 amide bonds. The molecule has 1 atom stereocenters. The molecule has 1 rings (SSSR count). The predicted octanol–water partition coefficient (Wildman–Crippen LogP) is 3.58. The second kappa shape index (κ2) is 6.49. The van der Waals surface area contributed by atoms with Crippen LogP contribution in [0.5, 0.6) is 0 Å². The third kappa shape index (κ3) is 4.03. The molecule has 0 saturated heterocycles. The third-order valence-corrected chi connectivity index (χ3v) is 2.93. The molecule has 1 aromatic rings. The number of hydrogen-bond acceptors (Lipinski definition) is 2. The van der Waals surface area contributed by atoms with Gasteiger partial charge in [-0.2, -0.15) is 12.6 Å². The first-order valence-corrected chi connectivity index (χ1v) is 6.21. The van der Waals surface area contributed by atoms with Crippen LogP contribution >= 0.6 is 28.6 Å². The average molecular weight is 275 g/mol. The number of benzene rings is 1. The first-order chi connectivity index (χ1) is 6.74. The first-order valence-electron chi connectivity index (χ1n) is 4.78. The van der Waals surface area contributed by atoms with E-state index in [1.165, 1.54) is 0 Å². The summed E-state index contributed by atoms with van der Waals surface area (Å²) in [6.07, 6.45) is 2.56. The second-order valence-corrected chi connectivity index (χ2v) is 4.65. The smallest absolute Gasteiger partial charge is 0.0790 e. The minimum atomic E-state index is -0.340. The molecule has 0 aliphatic rings. The van der Waals surface area contributed by atoms with Crippen LogP contribution in [-0.2, 0) is 0 Å². The fraction of sp³-hybridized carbons (Fsp3) is 0.455. The van der Waals surface area contributed by atoms with Gasteiger partial charge in [0.25, 0.3) is 0 Å². The summed E-state index contributed by atoms with van der Waals surface area (Å²) in [5, 5.41) is 9.83. The van der Waals surface area contributed by atoms with Gasteiger partial charge in [-0.1, -0.05) is 28.1 Å². The summed E-state index contributed by atoms with van der Waals surface area (Å²) in [5.41, 5.74) is 0.985. The number of aliphatic hydroxyl groups is 1. The van der Waals surface area contributed by atoms with E-state index in [1.54, 1.807) is 0 Å². The van der Waals surface area contributed by atoms with E-state index < -0.39 is 0 Å². The summed E-state index contributed by atoms with van der Waals surface area (Å²) in [7, 11) is 0. The second-order valence-electron chi connectivity index (χ2n) is 3.29. The van der Waals surface area contributed by atoms with Gasteiger partial charge in [-0.05, 0) is 42.7 Å². The molecule has 1 nitrogen and oxygen atoms in total. The van der Waals surface area contributed by atoms with Crippen molar-refractivity contribution in [2.75, 3.05) is 5.75 Å². The molecule has 3 heteroatoms. The topological polar surface area (TPSA) is 20.2 Å². The van der Waals surface area contributed by atoms with Crippen LogP contribution in [-0.4, -0.2) is 10.9 Å². The molecule has 0 radical (unpaired) electrons. The molecule has 0 bridgehead atoms. The fourth-order valence-corrected chi connectivity index (χ4v) is 1.97. The molecule has 0 aliphatic heterocycles. The standard InChI is InChI=1S/C11H15BrOS/c12-10-5-3-4-9(8-10)11(13)6-1-2-7-14/h3-5,8,11,13-14H,1-2,6-7H2. The predicted molar refractivity (Wildman–Crippen MR) is 66.8 cm³/mol. The van der Waals surface area contributed by atoms with Gasteiger partial charge in [0.2, 0.25) is 0 Å². The number of aliphatic hydroxyl groups excluding tert-OH is 1. The highest BCUT2D eigenvalue weighted by atomic mass is 79.9. The van der Waals surface area contributed by atoms with Crippen LogP contribution in [0.15, 0.2) is 28.7 Å². The van der Waals surface area contributed by atoms with Gasteiger partial charge in [-0.15, -0.1) is 0 Å². The van der Waals surface area contributed by atoms with Gasteiger partial charge in [0.15, 0.2) is 0 Å². The van der Waals surface area contributed by atoms with Crippen molar-refractivity contribution in [1.29, 1.82) is 0 Å². The molecule has 0 spiro atoms. The summed E-state index contributed by atoms with van der Waals surface area (Å²) in [5.74, 6) is 0.894. The van der Waals surface area contributed by atoms with Crippen LogP contribution in [0, 0.1) is 0 Å². The van der Waals surface area contributed by atoms with Crippen LogP contribution in [0.3, 0.4) is 0 Å². The molecule has 78 valence electrons. The first kappa shape index (κ1) is 12.1. The summed E-state index contributed by atoms with van der Waals surface area (Å²) >= 11 is 7.53. The van der Waals surface area contributed by atoms with Crippen molar-refractivity contribution in [3.8, 4) is 0 Å². The SMILES string of the molecule is OC(CCCCS)c1cccc(Br)c1. The molecule has 1 aromatic carbocycles. The van der Waals surface area contributed by atoms with Gasteiger partial charge in [0.05, 0.1) is 6.10 Å². The lowest BCUT2D eigenvalue weighted by Crippen LogP contribution is -1.97. The van der Waals surface area contributed by atoms with Gasteiger partial charge in [0.1, 0.15) is 0 Å². The largest absolute Gasteiger partial charge is 0.388 e. The van der Waals surface area contributed by atoms with E-state index in [2.05, 4.69) is 28.6 Å². The van der Waals surface area contributed by atoms with E-state index in [4.69, 9.17) is 0 Å². The lowest BCUT2D eigenvalue weighted by molar-refractivity contribution is 0.164. The molecule has 14 heavy (non-hydrogen) atoms. The van der Waals surface area contributed by atoms with E-state index in [0.29, 0.717) is 0 Å². The molecule has 0 aromatic heterocycles. The molecule has 1 N–H and O–H groups in total. The van der Waals surface area contributed by atoms with Crippen LogP contribution in [0.4, 0.5) is 0 Å².